The highest BCUT2D eigenvalue weighted by Gasteiger charge is 2.16. The molecule has 1 fully saturated rings. The maximum absolute atomic E-state index is 5.42. The number of aromatic nitrogens is 2. The van der Waals surface area contributed by atoms with E-state index in [1.54, 1.807) is 27.5 Å². The first-order valence-corrected chi connectivity index (χ1v) is 8.30. The Morgan fingerprint density at radius 1 is 1.04 bits per heavy atom. The minimum absolute atomic E-state index is 0.561. The van der Waals surface area contributed by atoms with Crippen molar-refractivity contribution in [3.63, 3.8) is 0 Å². The van der Waals surface area contributed by atoms with Gasteiger partial charge >= 0.3 is 0 Å². The van der Waals surface area contributed by atoms with Crippen LogP contribution in [0.25, 0.3) is 11.4 Å². The van der Waals surface area contributed by atoms with Crippen LogP contribution in [0.2, 0.25) is 0 Å². The first kappa shape index (κ1) is 17.4. The van der Waals surface area contributed by atoms with Gasteiger partial charge in [-0.05, 0) is 18.2 Å². The monoisotopic (exact) mass is 344 g/mol. The van der Waals surface area contributed by atoms with Crippen LogP contribution in [0, 0.1) is 0 Å². The van der Waals surface area contributed by atoms with Crippen LogP contribution in [-0.2, 0) is 6.54 Å². The molecule has 0 amide bonds. The van der Waals surface area contributed by atoms with E-state index >= 15 is 0 Å². The topological polar surface area (TPSA) is 68.7 Å². The molecule has 7 heteroatoms. The lowest BCUT2D eigenvalue weighted by molar-refractivity contribution is 0.230. The predicted molar refractivity (Wildman–Crippen MR) is 95.3 cm³/mol. The largest absolute Gasteiger partial charge is 0.493 e. The van der Waals surface area contributed by atoms with Gasteiger partial charge in [0.05, 0.1) is 27.0 Å². The molecule has 0 radical (unpaired) electrons. The number of benzene rings is 1. The average Bonchev–Trinajstić information content (AvgIpc) is 2.67. The summed E-state index contributed by atoms with van der Waals surface area (Å²) in [5, 5.41) is 3.36. The molecule has 7 nitrogen and oxygen atoms in total. The predicted octanol–water partition coefficient (Wildman–Crippen LogP) is 1.57. The molecule has 25 heavy (non-hydrogen) atoms. The van der Waals surface area contributed by atoms with Crippen molar-refractivity contribution in [2.24, 2.45) is 0 Å². The van der Waals surface area contributed by atoms with E-state index in [0.717, 1.165) is 44.0 Å². The van der Waals surface area contributed by atoms with Crippen molar-refractivity contribution < 1.29 is 14.2 Å². The maximum atomic E-state index is 5.42. The molecular formula is C18H24N4O3. The van der Waals surface area contributed by atoms with E-state index in [0.29, 0.717) is 23.1 Å². The van der Waals surface area contributed by atoms with E-state index in [9.17, 15) is 0 Å². The zero-order valence-electron chi connectivity index (χ0n) is 14.9. The van der Waals surface area contributed by atoms with Crippen LogP contribution in [-0.4, -0.2) is 62.4 Å². The number of nitrogens with one attached hydrogen (secondary N) is 1. The summed E-state index contributed by atoms with van der Waals surface area (Å²) in [6.45, 7) is 4.92. The van der Waals surface area contributed by atoms with Gasteiger partial charge < -0.3 is 19.5 Å². The second kappa shape index (κ2) is 8.13. The zero-order valence-corrected chi connectivity index (χ0v) is 14.9. The van der Waals surface area contributed by atoms with Crippen molar-refractivity contribution >= 4 is 0 Å². The van der Waals surface area contributed by atoms with E-state index in [4.69, 9.17) is 19.2 Å². The SMILES string of the molecule is COc1cc(-c2nccc(CN3CCNCC3)n2)cc(OC)c1OC. The van der Waals surface area contributed by atoms with Gasteiger partial charge in [0.15, 0.2) is 17.3 Å². The fourth-order valence-corrected chi connectivity index (χ4v) is 2.93. The third kappa shape index (κ3) is 4.00. The fourth-order valence-electron chi connectivity index (χ4n) is 2.93. The fraction of sp³-hybridized carbons (Fsp3) is 0.444. The quantitative estimate of drug-likeness (QED) is 0.853. The number of piperazine rings is 1. The molecular weight excluding hydrogens is 320 g/mol. The van der Waals surface area contributed by atoms with Crippen LogP contribution in [0.1, 0.15) is 5.69 Å². The summed E-state index contributed by atoms with van der Waals surface area (Å²) in [4.78, 5) is 11.5. The lowest BCUT2D eigenvalue weighted by atomic mass is 10.1. The Morgan fingerprint density at radius 3 is 2.32 bits per heavy atom. The highest BCUT2D eigenvalue weighted by Crippen LogP contribution is 2.40. The van der Waals surface area contributed by atoms with Crippen LogP contribution in [0.3, 0.4) is 0 Å². The van der Waals surface area contributed by atoms with Gasteiger partial charge in [-0.15, -0.1) is 0 Å². The number of methoxy groups -OCH3 is 3. The number of rotatable bonds is 6. The molecule has 0 bridgehead atoms. The molecule has 1 N–H and O–H groups in total. The van der Waals surface area contributed by atoms with E-state index in [1.165, 1.54) is 0 Å². The minimum atomic E-state index is 0.561. The number of ether oxygens (including phenoxy) is 3. The molecule has 1 aromatic carbocycles. The number of nitrogens with zero attached hydrogens (tertiary/aromatic N) is 3. The summed E-state index contributed by atoms with van der Waals surface area (Å²) < 4.78 is 16.2. The first-order chi connectivity index (χ1) is 12.2. The molecule has 1 saturated heterocycles. The van der Waals surface area contributed by atoms with E-state index in [2.05, 4.69) is 15.2 Å². The lowest BCUT2D eigenvalue weighted by Gasteiger charge is -2.26. The van der Waals surface area contributed by atoms with Crippen molar-refractivity contribution in [1.29, 1.82) is 0 Å². The lowest BCUT2D eigenvalue weighted by Crippen LogP contribution is -2.43. The van der Waals surface area contributed by atoms with Gasteiger partial charge in [-0.3, -0.25) is 4.90 Å². The van der Waals surface area contributed by atoms with E-state index < -0.39 is 0 Å². The van der Waals surface area contributed by atoms with Crippen LogP contribution < -0.4 is 19.5 Å². The third-order valence-corrected chi connectivity index (χ3v) is 4.23. The Labute approximate surface area is 147 Å². The van der Waals surface area contributed by atoms with Gasteiger partial charge in [-0.2, -0.15) is 0 Å². The molecule has 134 valence electrons. The normalized spacial score (nSPS) is 15.0. The van der Waals surface area contributed by atoms with Crippen molar-refractivity contribution in [2.75, 3.05) is 47.5 Å². The van der Waals surface area contributed by atoms with Crippen molar-refractivity contribution in [3.05, 3.63) is 30.1 Å². The minimum Gasteiger partial charge on any atom is -0.493 e. The molecule has 2 aromatic rings. The second-order valence-corrected chi connectivity index (χ2v) is 5.81. The summed E-state index contributed by atoms with van der Waals surface area (Å²) in [6.07, 6.45) is 1.79. The molecule has 1 aliphatic heterocycles. The third-order valence-electron chi connectivity index (χ3n) is 4.23. The molecule has 0 saturated carbocycles. The summed E-state index contributed by atoms with van der Waals surface area (Å²) in [5.74, 6) is 2.39. The second-order valence-electron chi connectivity index (χ2n) is 5.81. The van der Waals surface area contributed by atoms with Gasteiger partial charge in [0.1, 0.15) is 0 Å². The Hall–Kier alpha value is -2.38. The smallest absolute Gasteiger partial charge is 0.203 e. The molecule has 1 aliphatic rings. The Bertz CT molecular complexity index is 692. The number of hydrogen-bond acceptors (Lipinski definition) is 7. The van der Waals surface area contributed by atoms with Gasteiger partial charge in [0.2, 0.25) is 5.75 Å². The Balaban J connectivity index is 1.89. The molecule has 0 aliphatic carbocycles. The molecule has 0 atom stereocenters. The first-order valence-electron chi connectivity index (χ1n) is 8.30. The molecule has 0 spiro atoms. The van der Waals surface area contributed by atoms with Crippen LogP contribution >= 0.6 is 0 Å². The van der Waals surface area contributed by atoms with Crippen molar-refractivity contribution in [1.82, 2.24) is 20.2 Å². The van der Waals surface area contributed by atoms with Crippen molar-refractivity contribution in [3.8, 4) is 28.6 Å². The highest BCUT2D eigenvalue weighted by atomic mass is 16.5. The summed E-state index contributed by atoms with van der Waals surface area (Å²) >= 11 is 0. The summed E-state index contributed by atoms with van der Waals surface area (Å²) in [6, 6.07) is 5.69. The van der Waals surface area contributed by atoms with Gasteiger partial charge in [-0.25, -0.2) is 9.97 Å². The molecule has 1 aromatic heterocycles. The van der Waals surface area contributed by atoms with E-state index in [1.807, 2.05) is 18.2 Å². The standard InChI is InChI=1S/C18H24N4O3/c1-23-15-10-13(11-16(24-2)17(15)25-3)18-20-5-4-14(21-18)12-22-8-6-19-7-9-22/h4-5,10-11,19H,6-9,12H2,1-3H3. The molecule has 2 heterocycles. The van der Waals surface area contributed by atoms with Crippen LogP contribution in [0.4, 0.5) is 0 Å². The van der Waals surface area contributed by atoms with Gasteiger partial charge in [0, 0.05) is 44.5 Å². The van der Waals surface area contributed by atoms with Crippen LogP contribution in [0.5, 0.6) is 17.2 Å². The Kier molecular flexibility index (Phi) is 5.67. The summed E-state index contributed by atoms with van der Waals surface area (Å²) in [7, 11) is 4.79. The van der Waals surface area contributed by atoms with E-state index in [-0.39, 0.29) is 0 Å². The zero-order chi connectivity index (χ0) is 17.6. The van der Waals surface area contributed by atoms with Crippen molar-refractivity contribution in [2.45, 2.75) is 6.54 Å². The Morgan fingerprint density at radius 2 is 1.72 bits per heavy atom. The number of hydrogen-bond donors (Lipinski definition) is 1. The van der Waals surface area contributed by atoms with Gasteiger partial charge in [-0.1, -0.05) is 0 Å². The highest BCUT2D eigenvalue weighted by molar-refractivity contribution is 5.66. The average molecular weight is 344 g/mol. The molecule has 3 rings (SSSR count). The summed E-state index contributed by atoms with van der Waals surface area (Å²) in [5.41, 5.74) is 1.83. The maximum Gasteiger partial charge on any atom is 0.203 e. The van der Waals surface area contributed by atoms with Crippen LogP contribution in [0.15, 0.2) is 24.4 Å². The molecule has 0 unspecified atom stereocenters. The van der Waals surface area contributed by atoms with Gasteiger partial charge in [0.25, 0.3) is 0 Å².